The van der Waals surface area contributed by atoms with Crippen molar-refractivity contribution in [3.05, 3.63) is 132 Å². The van der Waals surface area contributed by atoms with Crippen LogP contribution in [0.5, 0.6) is 0 Å². The van der Waals surface area contributed by atoms with E-state index in [1.54, 1.807) is 14.2 Å². The molecule has 394 valence electrons. The number of unbranched alkanes of at least 4 members (excludes halogenated alkanes) is 12. The van der Waals surface area contributed by atoms with Crippen molar-refractivity contribution < 1.29 is 23.6 Å². The lowest BCUT2D eigenvalue weighted by molar-refractivity contribution is -0.468. The molecule has 0 saturated heterocycles. The summed E-state index contributed by atoms with van der Waals surface area (Å²) in [6, 6.07) is 25.5. The number of carbonyl (C=O) groups is 2. The van der Waals surface area contributed by atoms with Crippen LogP contribution in [-0.4, -0.2) is 74.7 Å². The Morgan fingerprint density at radius 2 is 1.10 bits per heavy atom. The molecule has 4 aromatic carbocycles. The number of hydrogen-bond acceptors (Lipinski definition) is 5. The fourth-order valence-corrected chi connectivity index (χ4v) is 11.5. The molecule has 2 heterocycles. The molecule has 2 unspecified atom stereocenters. The van der Waals surface area contributed by atoms with E-state index in [2.05, 4.69) is 177 Å². The first kappa shape index (κ1) is 57.0. The summed E-state index contributed by atoms with van der Waals surface area (Å²) in [5, 5.41) is 11.5. The number of benzene rings is 4. The summed E-state index contributed by atoms with van der Waals surface area (Å²) in [5.74, 6) is 0.145. The van der Waals surface area contributed by atoms with E-state index >= 15 is 0 Å². The minimum absolute atomic E-state index is 0.0727. The van der Waals surface area contributed by atoms with Crippen LogP contribution in [0.1, 0.15) is 168 Å². The van der Waals surface area contributed by atoms with Crippen molar-refractivity contribution in [1.82, 2.24) is 10.6 Å². The normalized spacial score (nSPS) is 16.4. The van der Waals surface area contributed by atoms with E-state index in [9.17, 15) is 9.59 Å². The molecule has 6 rings (SSSR count). The Labute approximate surface area is 440 Å². The Balaban J connectivity index is 1.33. The molecule has 0 radical (unpaired) electrons. The van der Waals surface area contributed by atoms with Gasteiger partial charge in [-0.15, -0.1) is 0 Å². The number of ether oxygens (including phenoxy) is 2. The van der Waals surface area contributed by atoms with Crippen molar-refractivity contribution in [3.8, 4) is 0 Å². The van der Waals surface area contributed by atoms with Crippen molar-refractivity contribution in [1.29, 1.82) is 0 Å². The fraction of sp³-hybridized carbons (Fsp3) is 0.523. The van der Waals surface area contributed by atoms with E-state index in [0.717, 1.165) is 74.2 Å². The van der Waals surface area contributed by atoms with E-state index in [0.29, 0.717) is 26.3 Å². The predicted molar refractivity (Wildman–Crippen MR) is 309 cm³/mol. The second kappa shape index (κ2) is 29.0. The third kappa shape index (κ3) is 14.5. The van der Waals surface area contributed by atoms with Crippen molar-refractivity contribution in [3.63, 3.8) is 0 Å². The van der Waals surface area contributed by atoms with Crippen LogP contribution in [0, 0.1) is 0 Å². The SMILES string of the molecule is CCCCCCCCCC(C(=O)NCCCOC)N1/C(=C/C=C/C=C/C=C/C2=[N+](C(CCCCCCCCC)C(=O)NCCCOC)c3ccc4ccccc4c3C2(C)C)C(C)(C)c2c1ccc1ccccc21. The Bertz CT molecular complexity index is 2560. The number of fused-ring (bicyclic) bond motifs is 6. The van der Waals surface area contributed by atoms with Crippen LogP contribution in [0.3, 0.4) is 0 Å². The number of methoxy groups -OCH3 is 2. The molecule has 0 bridgehead atoms. The van der Waals surface area contributed by atoms with Crippen LogP contribution < -0.4 is 15.5 Å². The zero-order valence-electron chi connectivity index (χ0n) is 46.2. The van der Waals surface area contributed by atoms with E-state index in [-0.39, 0.29) is 34.7 Å². The Morgan fingerprint density at radius 3 is 1.71 bits per heavy atom. The minimum Gasteiger partial charge on any atom is -0.385 e. The molecule has 73 heavy (non-hydrogen) atoms. The summed E-state index contributed by atoms with van der Waals surface area (Å²) in [4.78, 5) is 31.3. The standard InChI is InChI=1S/C65H90N4O4/c1-9-11-13-15-17-20-24-38-56(62(70)66-46-32-48-72-7)68-54-44-42-50-34-28-30-36-52(50)60(54)64(3,4)58(68)40-26-22-19-23-27-41-59-65(5,6)61-53-37-31-29-35-51(53)43-45-55(61)69(59)57(63(71)67-47-33-49-73-8)39-25-21-18-16-14-12-10-2/h19,22-23,26-31,34-37,40-45,56-57H,9-18,20-21,24-25,32-33,38-39,46-49H2,1-8H3,(H-,66,67,70,71)/p+1. The Morgan fingerprint density at radius 1 is 0.575 bits per heavy atom. The maximum atomic E-state index is 14.5. The third-order valence-corrected chi connectivity index (χ3v) is 15.4. The summed E-state index contributed by atoms with van der Waals surface area (Å²) in [6.45, 7) is 16.2. The molecule has 2 N–H and O–H groups in total. The Kier molecular flexibility index (Phi) is 22.6. The number of hydrogen-bond donors (Lipinski definition) is 2. The number of carbonyl (C=O) groups excluding carboxylic acids is 2. The molecular formula is C65H91N4O4+. The molecule has 0 saturated carbocycles. The molecule has 8 heteroatoms. The van der Waals surface area contributed by atoms with Crippen LogP contribution in [0.15, 0.2) is 121 Å². The number of allylic oxidation sites excluding steroid dienone is 8. The third-order valence-electron chi connectivity index (χ3n) is 15.4. The second-order valence-corrected chi connectivity index (χ2v) is 21.5. The largest absolute Gasteiger partial charge is 0.385 e. The molecule has 2 amide bonds. The quantitative estimate of drug-likeness (QED) is 0.0289. The molecule has 0 fully saturated rings. The number of amides is 2. The zero-order chi connectivity index (χ0) is 52.1. The van der Waals surface area contributed by atoms with Crippen LogP contribution >= 0.6 is 0 Å². The van der Waals surface area contributed by atoms with Gasteiger partial charge in [0.1, 0.15) is 6.04 Å². The van der Waals surface area contributed by atoms with E-state index < -0.39 is 0 Å². The van der Waals surface area contributed by atoms with Gasteiger partial charge in [0.25, 0.3) is 5.91 Å². The van der Waals surface area contributed by atoms with Gasteiger partial charge in [0.15, 0.2) is 5.71 Å². The summed E-state index contributed by atoms with van der Waals surface area (Å²) >= 11 is 0. The minimum atomic E-state index is -0.367. The molecule has 4 aromatic rings. The molecule has 2 atom stereocenters. The van der Waals surface area contributed by atoms with Gasteiger partial charge in [-0.05, 0) is 84.8 Å². The first-order chi connectivity index (χ1) is 35.5. The maximum absolute atomic E-state index is 14.5. The van der Waals surface area contributed by atoms with Gasteiger partial charge >= 0.3 is 0 Å². The summed E-state index contributed by atoms with van der Waals surface area (Å²) in [5.41, 5.74) is 6.27. The lowest BCUT2D eigenvalue weighted by atomic mass is 9.79. The zero-order valence-corrected chi connectivity index (χ0v) is 46.2. The van der Waals surface area contributed by atoms with Crippen LogP contribution in [0.4, 0.5) is 11.4 Å². The Hall–Kier alpha value is -5.31. The number of nitrogens with zero attached hydrogens (tertiary/aromatic N) is 2. The van der Waals surface area contributed by atoms with Crippen molar-refractivity contribution >= 4 is 50.4 Å². The highest BCUT2D eigenvalue weighted by atomic mass is 16.5. The van der Waals surface area contributed by atoms with E-state index in [4.69, 9.17) is 9.47 Å². The summed E-state index contributed by atoms with van der Waals surface area (Å²) < 4.78 is 13.0. The first-order valence-electron chi connectivity index (χ1n) is 28.3. The van der Waals surface area contributed by atoms with Crippen molar-refractivity contribution in [2.24, 2.45) is 0 Å². The van der Waals surface area contributed by atoms with Crippen molar-refractivity contribution in [2.75, 3.05) is 45.4 Å². The second-order valence-electron chi connectivity index (χ2n) is 21.5. The molecule has 0 spiro atoms. The van der Waals surface area contributed by atoms with Crippen molar-refractivity contribution in [2.45, 2.75) is 180 Å². The highest BCUT2D eigenvalue weighted by molar-refractivity contribution is 6.08. The van der Waals surface area contributed by atoms with Crippen LogP contribution in [-0.2, 0) is 29.9 Å². The molecule has 2 aliphatic rings. The average Bonchev–Trinajstić information content (AvgIpc) is 3.76. The molecule has 2 aliphatic heterocycles. The van der Waals surface area contributed by atoms with Crippen LogP contribution in [0.2, 0.25) is 0 Å². The van der Waals surface area contributed by atoms with Gasteiger partial charge in [0.05, 0.1) is 5.41 Å². The van der Waals surface area contributed by atoms with Gasteiger partial charge in [-0.2, -0.15) is 4.58 Å². The number of anilines is 1. The smallest absolute Gasteiger partial charge is 0.289 e. The lowest BCUT2D eigenvalue weighted by Crippen LogP contribution is -2.47. The van der Waals surface area contributed by atoms with E-state index in [1.807, 2.05) is 0 Å². The summed E-state index contributed by atoms with van der Waals surface area (Å²) in [7, 11) is 3.42. The maximum Gasteiger partial charge on any atom is 0.289 e. The average molecular weight is 992 g/mol. The monoisotopic (exact) mass is 992 g/mol. The predicted octanol–water partition coefficient (Wildman–Crippen LogP) is 15.0. The highest BCUT2D eigenvalue weighted by Gasteiger charge is 2.50. The van der Waals surface area contributed by atoms with Gasteiger partial charge < -0.3 is 25.0 Å². The van der Waals surface area contributed by atoms with Gasteiger partial charge in [-0.3, -0.25) is 9.59 Å². The van der Waals surface area contributed by atoms with E-state index in [1.165, 1.54) is 96.9 Å². The number of rotatable bonds is 32. The summed E-state index contributed by atoms with van der Waals surface area (Å²) in [6.07, 6.45) is 34.9. The topological polar surface area (TPSA) is 82.9 Å². The molecular weight excluding hydrogens is 901 g/mol. The molecule has 8 nitrogen and oxygen atoms in total. The van der Waals surface area contributed by atoms with Gasteiger partial charge in [-0.1, -0.05) is 196 Å². The fourth-order valence-electron chi connectivity index (χ4n) is 11.5. The van der Waals surface area contributed by atoms with Gasteiger partial charge in [0.2, 0.25) is 17.6 Å². The lowest BCUT2D eigenvalue weighted by Gasteiger charge is -2.33. The number of nitrogens with one attached hydrogen (secondary N) is 2. The van der Waals surface area contributed by atoms with Crippen LogP contribution in [0.25, 0.3) is 21.5 Å². The van der Waals surface area contributed by atoms with Gasteiger partial charge in [-0.25, -0.2) is 0 Å². The van der Waals surface area contributed by atoms with Gasteiger partial charge in [0, 0.05) is 81.4 Å². The molecule has 0 aliphatic carbocycles. The highest BCUT2D eigenvalue weighted by Crippen LogP contribution is 2.52. The molecule has 0 aromatic heterocycles. The first-order valence-corrected chi connectivity index (χ1v) is 28.3.